The quantitative estimate of drug-likeness (QED) is 0.715. The molecular weight excluding hydrogens is 152 g/mol. The van der Waals surface area contributed by atoms with E-state index in [1.807, 2.05) is 0 Å². The second-order valence-electron chi connectivity index (χ2n) is 2.52. The summed E-state index contributed by atoms with van der Waals surface area (Å²) in [5.74, 6) is 0. The first kappa shape index (κ1) is 8.74. The Labute approximate surface area is 71.4 Å². The van der Waals surface area contributed by atoms with Crippen molar-refractivity contribution in [3.8, 4) is 0 Å². The minimum Gasteiger partial charge on any atom is -0.387 e. The summed E-state index contributed by atoms with van der Waals surface area (Å²) in [4.78, 5) is 0. The predicted octanol–water partition coefficient (Wildman–Crippen LogP) is 1.75. The van der Waals surface area contributed by atoms with Gasteiger partial charge in [0.1, 0.15) is 0 Å². The fraction of sp³-hybridized carbons (Fsp3) is 0.222. The van der Waals surface area contributed by atoms with Crippen LogP contribution in [0.5, 0.6) is 0 Å². The van der Waals surface area contributed by atoms with Crippen molar-refractivity contribution in [3.05, 3.63) is 30.1 Å². The number of aliphatic hydroxyl groups excluding tert-OH is 1. The van der Waals surface area contributed by atoms with E-state index >= 15 is 0 Å². The number of hydrogen-bond acceptors (Lipinski definition) is 2. The molecule has 1 aromatic heterocycles. The molecule has 1 atom stereocenters. The number of H-pyrrole nitrogens is 1. The molecule has 0 aliphatic rings. The SMILES string of the molecule is C=Cc1n[nH]c(C(C)O)c1C=C. The van der Waals surface area contributed by atoms with Crippen molar-refractivity contribution in [3.63, 3.8) is 0 Å². The predicted molar refractivity (Wildman–Crippen MR) is 49.4 cm³/mol. The van der Waals surface area contributed by atoms with Gasteiger partial charge in [-0.1, -0.05) is 19.2 Å². The molecule has 0 aliphatic heterocycles. The van der Waals surface area contributed by atoms with Gasteiger partial charge in [-0.3, -0.25) is 5.10 Å². The van der Waals surface area contributed by atoms with E-state index in [-0.39, 0.29) is 0 Å². The minimum atomic E-state index is -0.556. The molecule has 3 heteroatoms. The fourth-order valence-electron chi connectivity index (χ4n) is 1.07. The number of aromatic nitrogens is 2. The summed E-state index contributed by atoms with van der Waals surface area (Å²) in [6, 6.07) is 0. The Balaban J connectivity index is 3.22. The van der Waals surface area contributed by atoms with Crippen molar-refractivity contribution in [2.75, 3.05) is 0 Å². The fourth-order valence-corrected chi connectivity index (χ4v) is 1.07. The van der Waals surface area contributed by atoms with Crippen LogP contribution in [-0.4, -0.2) is 15.3 Å². The Hall–Kier alpha value is -1.35. The molecule has 1 heterocycles. The van der Waals surface area contributed by atoms with Gasteiger partial charge in [0, 0.05) is 5.56 Å². The standard InChI is InChI=1S/C9H12N2O/c1-4-7-8(5-2)10-11-9(7)6(3)12/h4-6,12H,1-2H2,3H3,(H,10,11). The van der Waals surface area contributed by atoms with E-state index in [1.165, 1.54) is 0 Å². The smallest absolute Gasteiger partial charge is 0.0932 e. The van der Waals surface area contributed by atoms with Crippen LogP contribution >= 0.6 is 0 Å². The topological polar surface area (TPSA) is 48.9 Å². The Morgan fingerprint density at radius 3 is 2.58 bits per heavy atom. The number of aromatic amines is 1. The lowest BCUT2D eigenvalue weighted by atomic mass is 10.1. The molecule has 0 amide bonds. The van der Waals surface area contributed by atoms with Gasteiger partial charge in [0.15, 0.2) is 0 Å². The normalized spacial score (nSPS) is 12.5. The van der Waals surface area contributed by atoms with E-state index in [9.17, 15) is 5.11 Å². The van der Waals surface area contributed by atoms with E-state index in [0.29, 0.717) is 5.69 Å². The van der Waals surface area contributed by atoms with Crippen LogP contribution in [0.3, 0.4) is 0 Å². The molecule has 0 saturated carbocycles. The summed E-state index contributed by atoms with van der Waals surface area (Å²) >= 11 is 0. The maximum absolute atomic E-state index is 9.29. The Kier molecular flexibility index (Phi) is 2.45. The van der Waals surface area contributed by atoms with Crippen LogP contribution in [0.1, 0.15) is 30.0 Å². The zero-order valence-electron chi connectivity index (χ0n) is 7.04. The molecule has 0 aromatic carbocycles. The largest absolute Gasteiger partial charge is 0.387 e. The molecule has 0 aliphatic carbocycles. The molecule has 12 heavy (non-hydrogen) atoms. The highest BCUT2D eigenvalue weighted by atomic mass is 16.3. The summed E-state index contributed by atoms with van der Waals surface area (Å²) in [5.41, 5.74) is 2.22. The third-order valence-electron chi connectivity index (χ3n) is 1.68. The summed E-state index contributed by atoms with van der Waals surface area (Å²) < 4.78 is 0. The van der Waals surface area contributed by atoms with Gasteiger partial charge in [0.05, 0.1) is 17.5 Å². The molecule has 0 radical (unpaired) electrons. The molecule has 2 N–H and O–H groups in total. The lowest BCUT2D eigenvalue weighted by Gasteiger charge is -2.01. The van der Waals surface area contributed by atoms with Gasteiger partial charge >= 0.3 is 0 Å². The zero-order valence-corrected chi connectivity index (χ0v) is 7.04. The van der Waals surface area contributed by atoms with Crippen LogP contribution in [0.2, 0.25) is 0 Å². The van der Waals surface area contributed by atoms with Gasteiger partial charge in [0.25, 0.3) is 0 Å². The average molecular weight is 164 g/mol. The van der Waals surface area contributed by atoms with Crippen LogP contribution in [-0.2, 0) is 0 Å². The van der Waals surface area contributed by atoms with Gasteiger partial charge in [-0.25, -0.2) is 0 Å². The van der Waals surface area contributed by atoms with Crippen LogP contribution in [0, 0.1) is 0 Å². The first-order valence-corrected chi connectivity index (χ1v) is 3.72. The van der Waals surface area contributed by atoms with E-state index in [1.54, 1.807) is 19.1 Å². The molecule has 1 rings (SSSR count). The van der Waals surface area contributed by atoms with Gasteiger partial charge in [-0.2, -0.15) is 5.10 Å². The van der Waals surface area contributed by atoms with E-state index in [2.05, 4.69) is 23.4 Å². The van der Waals surface area contributed by atoms with Crippen LogP contribution < -0.4 is 0 Å². The molecule has 3 nitrogen and oxygen atoms in total. The highest BCUT2D eigenvalue weighted by Gasteiger charge is 2.11. The van der Waals surface area contributed by atoms with Crippen molar-refractivity contribution in [2.45, 2.75) is 13.0 Å². The molecule has 0 fully saturated rings. The van der Waals surface area contributed by atoms with Gasteiger partial charge in [-0.15, -0.1) is 0 Å². The zero-order chi connectivity index (χ0) is 9.14. The molecule has 1 unspecified atom stereocenters. The number of nitrogens with zero attached hydrogens (tertiary/aromatic N) is 1. The molecular formula is C9H12N2O. The highest BCUT2D eigenvalue weighted by Crippen LogP contribution is 2.19. The van der Waals surface area contributed by atoms with Crippen molar-refractivity contribution in [1.82, 2.24) is 10.2 Å². The number of hydrogen-bond donors (Lipinski definition) is 2. The maximum atomic E-state index is 9.29. The summed E-state index contributed by atoms with van der Waals surface area (Å²) in [6.45, 7) is 8.91. The lowest BCUT2D eigenvalue weighted by Crippen LogP contribution is -1.93. The number of rotatable bonds is 3. The molecule has 0 spiro atoms. The Morgan fingerprint density at radius 1 is 1.50 bits per heavy atom. The van der Waals surface area contributed by atoms with Crippen LogP contribution in [0.15, 0.2) is 13.2 Å². The van der Waals surface area contributed by atoms with Gasteiger partial charge in [-0.05, 0) is 13.0 Å². The molecule has 1 aromatic rings. The minimum absolute atomic E-state index is 0.556. The average Bonchev–Trinajstić information content (AvgIpc) is 2.46. The Morgan fingerprint density at radius 2 is 2.17 bits per heavy atom. The summed E-state index contributed by atoms with van der Waals surface area (Å²) in [5, 5.41) is 16.0. The van der Waals surface area contributed by atoms with Crippen molar-refractivity contribution >= 4 is 12.2 Å². The van der Waals surface area contributed by atoms with E-state index in [4.69, 9.17) is 0 Å². The number of aliphatic hydroxyl groups is 1. The van der Waals surface area contributed by atoms with E-state index in [0.717, 1.165) is 11.3 Å². The monoisotopic (exact) mass is 164 g/mol. The summed E-state index contributed by atoms with van der Waals surface area (Å²) in [6.07, 6.45) is 2.72. The van der Waals surface area contributed by atoms with E-state index < -0.39 is 6.10 Å². The highest BCUT2D eigenvalue weighted by molar-refractivity contribution is 5.62. The third kappa shape index (κ3) is 1.31. The van der Waals surface area contributed by atoms with Crippen LogP contribution in [0.25, 0.3) is 12.2 Å². The first-order chi connectivity index (χ1) is 5.70. The second kappa shape index (κ2) is 3.36. The lowest BCUT2D eigenvalue weighted by molar-refractivity contribution is 0.194. The Bertz CT molecular complexity index is 299. The van der Waals surface area contributed by atoms with Crippen LogP contribution in [0.4, 0.5) is 0 Å². The molecule has 0 saturated heterocycles. The van der Waals surface area contributed by atoms with Crippen molar-refractivity contribution in [2.24, 2.45) is 0 Å². The number of nitrogens with one attached hydrogen (secondary N) is 1. The molecule has 64 valence electrons. The van der Waals surface area contributed by atoms with Gasteiger partial charge < -0.3 is 5.11 Å². The summed E-state index contributed by atoms with van der Waals surface area (Å²) in [7, 11) is 0. The van der Waals surface area contributed by atoms with Crippen molar-refractivity contribution in [1.29, 1.82) is 0 Å². The second-order valence-corrected chi connectivity index (χ2v) is 2.52. The maximum Gasteiger partial charge on any atom is 0.0932 e. The first-order valence-electron chi connectivity index (χ1n) is 3.72. The van der Waals surface area contributed by atoms with Crippen molar-refractivity contribution < 1.29 is 5.11 Å². The third-order valence-corrected chi connectivity index (χ3v) is 1.68. The molecule has 0 bridgehead atoms. The van der Waals surface area contributed by atoms with Gasteiger partial charge in [0.2, 0.25) is 0 Å².